The summed E-state index contributed by atoms with van der Waals surface area (Å²) in [6, 6.07) is 0. The van der Waals surface area contributed by atoms with E-state index in [0.29, 0.717) is 6.42 Å². The molecule has 0 saturated carbocycles. The number of rotatable bonds is 6. The number of azide groups is 1. The van der Waals surface area contributed by atoms with Crippen molar-refractivity contribution >= 4 is 10.1 Å². The van der Waals surface area contributed by atoms with Gasteiger partial charge in [-0.25, -0.2) is 0 Å². The van der Waals surface area contributed by atoms with Gasteiger partial charge in [0, 0.05) is 4.91 Å². The zero-order valence-corrected chi connectivity index (χ0v) is 13.2. The van der Waals surface area contributed by atoms with Crippen molar-refractivity contribution in [3.05, 3.63) is 10.4 Å². The minimum Gasteiger partial charge on any atom is -0.348 e. The van der Waals surface area contributed by atoms with Crippen LogP contribution < -0.4 is 0 Å². The fraction of sp³-hybridized carbons (Fsp3) is 1.00. The molecule has 1 rings (SSSR count). The summed E-state index contributed by atoms with van der Waals surface area (Å²) in [5.74, 6) is -0.825. The zero-order valence-electron chi connectivity index (χ0n) is 12.4. The Morgan fingerprint density at radius 3 is 2.55 bits per heavy atom. The van der Waals surface area contributed by atoms with E-state index >= 15 is 0 Å². The van der Waals surface area contributed by atoms with Crippen LogP contribution in [0, 0.1) is 0 Å². The Morgan fingerprint density at radius 1 is 1.60 bits per heavy atom. The van der Waals surface area contributed by atoms with Gasteiger partial charge in [0.15, 0.2) is 5.79 Å². The molecule has 0 radical (unpaired) electrons. The highest BCUT2D eigenvalue weighted by molar-refractivity contribution is 7.86. The first-order chi connectivity index (χ1) is 9.03. The Bertz CT molecular complexity index is 500. The van der Waals surface area contributed by atoms with E-state index in [0.717, 1.165) is 6.26 Å². The van der Waals surface area contributed by atoms with Crippen molar-refractivity contribution in [2.24, 2.45) is 5.11 Å². The SMILES string of the molecule is CC[C@@](C)(N=[N+]=[N-])[C@H](OS(C)(=O)=O)C1COC(C)(C)O1. The lowest BCUT2D eigenvalue weighted by Gasteiger charge is -2.34. The highest BCUT2D eigenvalue weighted by atomic mass is 32.2. The molecule has 0 amide bonds. The van der Waals surface area contributed by atoms with Gasteiger partial charge < -0.3 is 9.47 Å². The van der Waals surface area contributed by atoms with Crippen LogP contribution in [0.3, 0.4) is 0 Å². The van der Waals surface area contributed by atoms with Crippen LogP contribution in [0.2, 0.25) is 0 Å². The van der Waals surface area contributed by atoms with E-state index < -0.39 is 33.7 Å². The Hall–Kier alpha value is -0.860. The van der Waals surface area contributed by atoms with Crippen LogP contribution in [-0.2, 0) is 23.8 Å². The highest BCUT2D eigenvalue weighted by Crippen LogP contribution is 2.34. The monoisotopic (exact) mass is 307 g/mol. The van der Waals surface area contributed by atoms with Crippen LogP contribution in [-0.4, -0.2) is 44.8 Å². The minimum atomic E-state index is -3.73. The predicted octanol–water partition coefficient (Wildman–Crippen LogP) is 1.96. The van der Waals surface area contributed by atoms with Crippen molar-refractivity contribution in [2.75, 3.05) is 12.9 Å². The first kappa shape index (κ1) is 17.2. The third-order valence-electron chi connectivity index (χ3n) is 3.25. The Morgan fingerprint density at radius 2 is 2.20 bits per heavy atom. The number of nitrogens with zero attached hydrogens (tertiary/aromatic N) is 3. The summed E-state index contributed by atoms with van der Waals surface area (Å²) in [4.78, 5) is 2.79. The van der Waals surface area contributed by atoms with Crippen LogP contribution in [0.1, 0.15) is 34.1 Å². The Kier molecular flexibility index (Phi) is 5.04. The average Bonchev–Trinajstić information content (AvgIpc) is 2.65. The standard InChI is InChI=1S/C11H21N3O5S/c1-6-11(4,13-14-12)9(19-20(5,15)16)8-7-17-10(2,3)18-8/h8-9H,6-7H2,1-5H3/t8?,9-,11-/m1/s1. The molecule has 1 fully saturated rings. The van der Waals surface area contributed by atoms with Gasteiger partial charge in [0.1, 0.15) is 12.2 Å². The second-order valence-electron chi connectivity index (χ2n) is 5.49. The maximum absolute atomic E-state index is 11.5. The van der Waals surface area contributed by atoms with Gasteiger partial charge in [0.2, 0.25) is 0 Å². The number of hydrogen-bond donors (Lipinski definition) is 0. The van der Waals surface area contributed by atoms with Crippen molar-refractivity contribution in [1.29, 1.82) is 0 Å². The van der Waals surface area contributed by atoms with Gasteiger partial charge in [0.25, 0.3) is 10.1 Å². The topological polar surface area (TPSA) is 111 Å². The molecule has 1 aliphatic rings. The van der Waals surface area contributed by atoms with Gasteiger partial charge in [-0.3, -0.25) is 4.18 Å². The number of ether oxygens (including phenoxy) is 2. The van der Waals surface area contributed by atoms with E-state index in [9.17, 15) is 8.42 Å². The molecule has 3 atom stereocenters. The van der Waals surface area contributed by atoms with Gasteiger partial charge in [0.05, 0.1) is 18.4 Å². The summed E-state index contributed by atoms with van der Waals surface area (Å²) in [7, 11) is -3.73. The lowest BCUT2D eigenvalue weighted by atomic mass is 9.89. The van der Waals surface area contributed by atoms with Crippen LogP contribution in [0.15, 0.2) is 5.11 Å². The summed E-state index contributed by atoms with van der Waals surface area (Å²) >= 11 is 0. The van der Waals surface area contributed by atoms with Crippen LogP contribution in [0.5, 0.6) is 0 Å². The van der Waals surface area contributed by atoms with Gasteiger partial charge >= 0.3 is 0 Å². The Labute approximate surface area is 119 Å². The lowest BCUT2D eigenvalue weighted by molar-refractivity contribution is -0.153. The molecule has 0 N–H and O–H groups in total. The molecular weight excluding hydrogens is 286 g/mol. The molecule has 1 saturated heterocycles. The lowest BCUT2D eigenvalue weighted by Crippen LogP contribution is -2.49. The van der Waals surface area contributed by atoms with Crippen molar-refractivity contribution < 1.29 is 22.1 Å². The van der Waals surface area contributed by atoms with Crippen molar-refractivity contribution in [3.8, 4) is 0 Å². The molecule has 9 heteroatoms. The zero-order chi connectivity index (χ0) is 15.6. The smallest absolute Gasteiger partial charge is 0.264 e. The molecule has 116 valence electrons. The first-order valence-electron chi connectivity index (χ1n) is 6.29. The third kappa shape index (κ3) is 4.32. The van der Waals surface area contributed by atoms with E-state index in [-0.39, 0.29) is 6.61 Å². The van der Waals surface area contributed by atoms with Crippen LogP contribution >= 0.6 is 0 Å². The second kappa shape index (κ2) is 5.87. The molecule has 1 heterocycles. The van der Waals surface area contributed by atoms with E-state index in [1.807, 2.05) is 0 Å². The van der Waals surface area contributed by atoms with Crippen molar-refractivity contribution in [3.63, 3.8) is 0 Å². The fourth-order valence-electron chi connectivity index (χ4n) is 2.05. The summed E-state index contributed by atoms with van der Waals surface area (Å²) in [5.41, 5.74) is 7.66. The van der Waals surface area contributed by atoms with Crippen LogP contribution in [0.4, 0.5) is 0 Å². The predicted molar refractivity (Wildman–Crippen MR) is 72.5 cm³/mol. The molecule has 20 heavy (non-hydrogen) atoms. The largest absolute Gasteiger partial charge is 0.348 e. The normalized spacial score (nSPS) is 26.6. The maximum Gasteiger partial charge on any atom is 0.264 e. The van der Waals surface area contributed by atoms with Crippen molar-refractivity contribution in [2.45, 2.75) is 57.6 Å². The quantitative estimate of drug-likeness (QED) is 0.322. The third-order valence-corrected chi connectivity index (χ3v) is 3.81. The molecule has 1 aliphatic heterocycles. The van der Waals surface area contributed by atoms with Crippen LogP contribution in [0.25, 0.3) is 10.4 Å². The molecule has 1 unspecified atom stereocenters. The highest BCUT2D eigenvalue weighted by Gasteiger charge is 2.47. The van der Waals surface area contributed by atoms with Gasteiger partial charge in [-0.2, -0.15) is 8.42 Å². The molecule has 0 spiro atoms. The maximum atomic E-state index is 11.5. The van der Waals surface area contributed by atoms with E-state index in [2.05, 4.69) is 10.0 Å². The Balaban J connectivity index is 3.12. The van der Waals surface area contributed by atoms with E-state index in [1.165, 1.54) is 0 Å². The minimum absolute atomic E-state index is 0.170. The molecule has 0 aliphatic carbocycles. The second-order valence-corrected chi connectivity index (χ2v) is 7.09. The van der Waals surface area contributed by atoms with Crippen molar-refractivity contribution in [1.82, 2.24) is 0 Å². The number of hydrogen-bond acceptors (Lipinski definition) is 6. The molecule has 0 aromatic rings. The average molecular weight is 307 g/mol. The molecule has 0 aromatic carbocycles. The fourth-order valence-corrected chi connectivity index (χ4v) is 2.76. The summed E-state index contributed by atoms with van der Waals surface area (Å²) in [6.07, 6.45) is -0.222. The first-order valence-corrected chi connectivity index (χ1v) is 8.11. The summed E-state index contributed by atoms with van der Waals surface area (Å²) < 4.78 is 39.2. The van der Waals surface area contributed by atoms with Gasteiger partial charge in [-0.05, 0) is 25.8 Å². The van der Waals surface area contributed by atoms with Gasteiger partial charge in [-0.15, -0.1) is 0 Å². The van der Waals surface area contributed by atoms with E-state index in [4.69, 9.17) is 19.2 Å². The molecule has 8 nitrogen and oxygen atoms in total. The molecule has 0 bridgehead atoms. The van der Waals surface area contributed by atoms with E-state index in [1.54, 1.807) is 27.7 Å². The molecular formula is C11H21N3O5S. The van der Waals surface area contributed by atoms with Gasteiger partial charge in [-0.1, -0.05) is 19.0 Å². The summed E-state index contributed by atoms with van der Waals surface area (Å²) in [6.45, 7) is 7.04. The molecule has 0 aromatic heterocycles. The summed E-state index contributed by atoms with van der Waals surface area (Å²) in [5, 5.41) is 3.71.